The summed E-state index contributed by atoms with van der Waals surface area (Å²) in [6.07, 6.45) is 1.49. The quantitative estimate of drug-likeness (QED) is 0.687. The van der Waals surface area contributed by atoms with Crippen molar-refractivity contribution in [3.8, 4) is 5.69 Å². The molecule has 0 aliphatic heterocycles. The predicted molar refractivity (Wildman–Crippen MR) is 48.6 cm³/mol. The zero-order valence-electron chi connectivity index (χ0n) is 6.55. The van der Waals surface area contributed by atoms with Crippen molar-refractivity contribution < 1.29 is 0 Å². The number of nitrogens with zero attached hydrogens (tertiary/aromatic N) is 4. The van der Waals surface area contributed by atoms with Crippen LogP contribution in [0.25, 0.3) is 5.69 Å². The molecule has 13 heavy (non-hydrogen) atoms. The summed E-state index contributed by atoms with van der Waals surface area (Å²) in [5.74, 6) is 0. The molecular weight excluding hydrogens is 190 g/mol. The third kappa shape index (κ3) is 1.46. The third-order valence-electron chi connectivity index (χ3n) is 1.59. The Bertz CT molecular complexity index is 411. The molecule has 2 N–H and O–H groups in total. The normalized spacial score (nSPS) is 10.2. The van der Waals surface area contributed by atoms with Crippen molar-refractivity contribution in [3.63, 3.8) is 0 Å². The van der Waals surface area contributed by atoms with Gasteiger partial charge in [0.25, 0.3) is 0 Å². The van der Waals surface area contributed by atoms with E-state index in [4.69, 9.17) is 17.3 Å². The molecule has 0 bridgehead atoms. The van der Waals surface area contributed by atoms with E-state index in [1.165, 1.54) is 11.0 Å². The van der Waals surface area contributed by atoms with Crippen LogP contribution < -0.4 is 5.73 Å². The first-order chi connectivity index (χ1) is 6.27. The minimum Gasteiger partial charge on any atom is -0.397 e. The number of benzene rings is 1. The van der Waals surface area contributed by atoms with Crippen LogP contribution >= 0.6 is 11.6 Å². The van der Waals surface area contributed by atoms with Gasteiger partial charge in [-0.2, -0.15) is 0 Å². The fourth-order valence-electron chi connectivity index (χ4n) is 0.953. The summed E-state index contributed by atoms with van der Waals surface area (Å²) in [5, 5.41) is 11.3. The summed E-state index contributed by atoms with van der Waals surface area (Å²) < 4.78 is 1.51. The summed E-state index contributed by atoms with van der Waals surface area (Å²) in [6, 6.07) is 5.20. The fourth-order valence-corrected chi connectivity index (χ4v) is 1.07. The van der Waals surface area contributed by atoms with Gasteiger partial charge in [-0.25, -0.2) is 4.68 Å². The number of anilines is 1. The van der Waals surface area contributed by atoms with E-state index in [-0.39, 0.29) is 0 Å². The fraction of sp³-hybridized carbons (Fsp3) is 0. The Balaban J connectivity index is 2.49. The van der Waals surface area contributed by atoms with Crippen LogP contribution in [-0.2, 0) is 0 Å². The molecular formula is C7H6ClN5. The van der Waals surface area contributed by atoms with Crippen molar-refractivity contribution in [2.75, 3.05) is 5.73 Å². The highest BCUT2D eigenvalue weighted by Crippen LogP contribution is 2.20. The van der Waals surface area contributed by atoms with E-state index >= 15 is 0 Å². The number of halogens is 1. The molecule has 0 fully saturated rings. The molecule has 1 aromatic carbocycles. The molecule has 0 saturated carbocycles. The van der Waals surface area contributed by atoms with Crippen molar-refractivity contribution in [3.05, 3.63) is 29.5 Å². The van der Waals surface area contributed by atoms with Gasteiger partial charge in [0.05, 0.1) is 16.4 Å². The Morgan fingerprint density at radius 1 is 1.38 bits per heavy atom. The Hall–Kier alpha value is -1.62. The molecule has 6 heteroatoms. The maximum absolute atomic E-state index is 5.76. The van der Waals surface area contributed by atoms with Gasteiger partial charge in [-0.15, -0.1) is 5.10 Å². The van der Waals surface area contributed by atoms with Crippen LogP contribution in [0.15, 0.2) is 24.5 Å². The second-order valence-electron chi connectivity index (χ2n) is 2.46. The monoisotopic (exact) mass is 195 g/mol. The summed E-state index contributed by atoms with van der Waals surface area (Å²) in [6.45, 7) is 0. The van der Waals surface area contributed by atoms with E-state index in [0.29, 0.717) is 10.7 Å². The topological polar surface area (TPSA) is 69.6 Å². The number of nitrogen functional groups attached to an aromatic ring is 1. The molecule has 0 amide bonds. The summed E-state index contributed by atoms with van der Waals surface area (Å²) >= 11 is 5.76. The van der Waals surface area contributed by atoms with Gasteiger partial charge < -0.3 is 5.73 Å². The van der Waals surface area contributed by atoms with E-state index in [1.54, 1.807) is 18.2 Å². The molecule has 1 heterocycles. The Morgan fingerprint density at radius 2 is 2.23 bits per heavy atom. The first kappa shape index (κ1) is 8.00. The molecule has 0 spiro atoms. The van der Waals surface area contributed by atoms with Crippen molar-refractivity contribution in [1.29, 1.82) is 0 Å². The van der Waals surface area contributed by atoms with Gasteiger partial charge >= 0.3 is 0 Å². The lowest BCUT2D eigenvalue weighted by molar-refractivity contribution is 0.789. The lowest BCUT2D eigenvalue weighted by Gasteiger charge is -2.01. The zero-order chi connectivity index (χ0) is 9.26. The SMILES string of the molecule is Nc1cc(-n2cnnn2)ccc1Cl. The maximum Gasteiger partial charge on any atom is 0.143 e. The average Bonchev–Trinajstić information content (AvgIpc) is 2.62. The average molecular weight is 196 g/mol. The maximum atomic E-state index is 5.76. The molecule has 1 aromatic heterocycles. The number of hydrogen-bond donors (Lipinski definition) is 1. The first-order valence-corrected chi connectivity index (χ1v) is 3.93. The largest absolute Gasteiger partial charge is 0.397 e. The van der Waals surface area contributed by atoms with Crippen molar-refractivity contribution in [2.45, 2.75) is 0 Å². The second kappa shape index (κ2) is 3.02. The van der Waals surface area contributed by atoms with E-state index in [0.717, 1.165) is 5.69 Å². The highest BCUT2D eigenvalue weighted by Gasteiger charge is 2.00. The minimum atomic E-state index is 0.509. The van der Waals surface area contributed by atoms with Crippen LogP contribution in [0.4, 0.5) is 5.69 Å². The molecule has 0 radical (unpaired) electrons. The highest BCUT2D eigenvalue weighted by atomic mass is 35.5. The molecule has 66 valence electrons. The van der Waals surface area contributed by atoms with Gasteiger partial charge in [-0.3, -0.25) is 0 Å². The van der Waals surface area contributed by atoms with Crippen LogP contribution in [-0.4, -0.2) is 20.2 Å². The number of aromatic nitrogens is 4. The van der Waals surface area contributed by atoms with Gasteiger partial charge in [0.2, 0.25) is 0 Å². The summed E-state index contributed by atoms with van der Waals surface area (Å²) in [4.78, 5) is 0. The minimum absolute atomic E-state index is 0.509. The van der Waals surface area contributed by atoms with Gasteiger partial charge in [0.1, 0.15) is 6.33 Å². The molecule has 0 aliphatic carbocycles. The lowest BCUT2D eigenvalue weighted by Crippen LogP contribution is -1.96. The lowest BCUT2D eigenvalue weighted by atomic mass is 10.3. The molecule has 5 nitrogen and oxygen atoms in total. The Morgan fingerprint density at radius 3 is 2.85 bits per heavy atom. The zero-order valence-corrected chi connectivity index (χ0v) is 7.31. The van der Waals surface area contributed by atoms with Crippen LogP contribution in [0, 0.1) is 0 Å². The van der Waals surface area contributed by atoms with E-state index in [1.807, 2.05) is 0 Å². The molecule has 0 atom stereocenters. The van der Waals surface area contributed by atoms with Crippen LogP contribution in [0.2, 0.25) is 5.02 Å². The standard InChI is InChI=1S/C7H6ClN5/c8-6-2-1-5(3-7(6)9)13-4-10-11-12-13/h1-4H,9H2. The molecule has 2 aromatic rings. The third-order valence-corrected chi connectivity index (χ3v) is 1.94. The number of hydrogen-bond acceptors (Lipinski definition) is 4. The van der Waals surface area contributed by atoms with Gasteiger partial charge in [-0.05, 0) is 28.6 Å². The van der Waals surface area contributed by atoms with Crippen molar-refractivity contribution in [2.24, 2.45) is 0 Å². The van der Waals surface area contributed by atoms with Crippen LogP contribution in [0.5, 0.6) is 0 Å². The van der Waals surface area contributed by atoms with Gasteiger partial charge in [0.15, 0.2) is 0 Å². The summed E-state index contributed by atoms with van der Waals surface area (Å²) in [7, 11) is 0. The molecule has 0 aliphatic rings. The summed E-state index contributed by atoms with van der Waals surface area (Å²) in [5.41, 5.74) is 6.91. The van der Waals surface area contributed by atoms with Crippen molar-refractivity contribution >= 4 is 17.3 Å². The van der Waals surface area contributed by atoms with Crippen molar-refractivity contribution in [1.82, 2.24) is 20.2 Å². The smallest absolute Gasteiger partial charge is 0.143 e. The first-order valence-electron chi connectivity index (χ1n) is 3.56. The van der Waals surface area contributed by atoms with Gasteiger partial charge in [-0.1, -0.05) is 11.6 Å². The molecule has 0 unspecified atom stereocenters. The highest BCUT2D eigenvalue weighted by molar-refractivity contribution is 6.33. The number of tetrazole rings is 1. The van der Waals surface area contributed by atoms with Gasteiger partial charge in [0, 0.05) is 0 Å². The second-order valence-corrected chi connectivity index (χ2v) is 2.87. The molecule has 2 rings (SSSR count). The van der Waals surface area contributed by atoms with Crippen LogP contribution in [0.3, 0.4) is 0 Å². The number of rotatable bonds is 1. The number of nitrogens with two attached hydrogens (primary N) is 1. The van der Waals surface area contributed by atoms with E-state index in [2.05, 4.69) is 15.5 Å². The van der Waals surface area contributed by atoms with Crippen LogP contribution in [0.1, 0.15) is 0 Å². The predicted octanol–water partition coefficient (Wildman–Crippen LogP) is 0.898. The molecule has 0 saturated heterocycles. The Labute approximate surface area is 79.1 Å². The Kier molecular flexibility index (Phi) is 1.86. The van der Waals surface area contributed by atoms with E-state index < -0.39 is 0 Å². The van der Waals surface area contributed by atoms with E-state index in [9.17, 15) is 0 Å².